The Morgan fingerprint density at radius 2 is 1.46 bits per heavy atom. The van der Waals surface area contributed by atoms with Gasteiger partial charge in [0, 0.05) is 11.1 Å². The number of unbranched alkanes of at least 4 members (excludes halogenated alkanes) is 2. The molecule has 0 saturated carbocycles. The first-order valence-corrected chi connectivity index (χ1v) is 9.74. The van der Waals surface area contributed by atoms with E-state index in [-0.39, 0.29) is 11.1 Å². The Morgan fingerprint density at radius 1 is 0.750 bits per heavy atom. The Balaban J connectivity index is 1.81. The molecule has 0 heterocycles. The molecule has 2 heteroatoms. The highest BCUT2D eigenvalue weighted by atomic mass is 19.2. The molecule has 0 bridgehead atoms. The van der Waals surface area contributed by atoms with Gasteiger partial charge in [-0.1, -0.05) is 73.6 Å². The van der Waals surface area contributed by atoms with Crippen LogP contribution in [0.1, 0.15) is 48.4 Å². The zero-order valence-corrected chi connectivity index (χ0v) is 16.4. The van der Waals surface area contributed by atoms with E-state index in [4.69, 9.17) is 0 Å². The van der Waals surface area contributed by atoms with E-state index in [0.717, 1.165) is 24.0 Å². The molecule has 0 aliphatic rings. The van der Waals surface area contributed by atoms with E-state index in [1.54, 1.807) is 12.1 Å². The Hall–Kier alpha value is -2.92. The van der Waals surface area contributed by atoms with Crippen molar-refractivity contribution in [2.24, 2.45) is 0 Å². The summed E-state index contributed by atoms with van der Waals surface area (Å²) < 4.78 is 29.2. The van der Waals surface area contributed by atoms with Crippen LogP contribution in [-0.2, 0) is 6.42 Å². The number of halogens is 2. The van der Waals surface area contributed by atoms with Crippen molar-refractivity contribution in [3.8, 4) is 23.0 Å². The van der Waals surface area contributed by atoms with E-state index in [0.29, 0.717) is 5.56 Å². The van der Waals surface area contributed by atoms with Crippen LogP contribution in [0.3, 0.4) is 0 Å². The molecule has 0 nitrogen and oxygen atoms in total. The molecular weight excluding hydrogens is 350 g/mol. The van der Waals surface area contributed by atoms with E-state index >= 15 is 0 Å². The van der Waals surface area contributed by atoms with Crippen LogP contribution >= 0.6 is 0 Å². The molecule has 0 amide bonds. The maximum atomic E-state index is 14.6. The quantitative estimate of drug-likeness (QED) is 0.331. The Bertz CT molecular complexity index is 988. The van der Waals surface area contributed by atoms with Crippen molar-refractivity contribution < 1.29 is 8.78 Å². The van der Waals surface area contributed by atoms with Gasteiger partial charge in [-0.3, -0.25) is 0 Å². The first kappa shape index (κ1) is 19.8. The molecule has 142 valence electrons. The van der Waals surface area contributed by atoms with Gasteiger partial charge >= 0.3 is 0 Å². The van der Waals surface area contributed by atoms with Crippen molar-refractivity contribution in [3.05, 3.63) is 94.6 Å². The van der Waals surface area contributed by atoms with Gasteiger partial charge in [0.2, 0.25) is 0 Å². The first-order valence-electron chi connectivity index (χ1n) is 9.74. The third-order valence-corrected chi connectivity index (χ3v) is 4.81. The third kappa shape index (κ3) is 4.87. The molecule has 0 radical (unpaired) electrons. The summed E-state index contributed by atoms with van der Waals surface area (Å²) in [7, 11) is 0. The maximum Gasteiger partial charge on any atom is 0.175 e. The average molecular weight is 374 g/mol. The smallest absolute Gasteiger partial charge is 0.175 e. The summed E-state index contributed by atoms with van der Waals surface area (Å²) in [6.07, 6.45) is 4.54. The highest BCUT2D eigenvalue weighted by molar-refractivity contribution is 5.66. The van der Waals surface area contributed by atoms with Crippen LogP contribution in [-0.4, -0.2) is 0 Å². The lowest BCUT2D eigenvalue weighted by Crippen LogP contribution is -1.94. The zero-order chi connectivity index (χ0) is 19.9. The van der Waals surface area contributed by atoms with Gasteiger partial charge in [0.25, 0.3) is 0 Å². The predicted molar refractivity (Wildman–Crippen MR) is 112 cm³/mol. The molecule has 0 saturated heterocycles. The fourth-order valence-electron chi connectivity index (χ4n) is 3.08. The molecular formula is C26H24F2. The zero-order valence-electron chi connectivity index (χ0n) is 16.4. The fraction of sp³-hybridized carbons (Fsp3) is 0.231. The van der Waals surface area contributed by atoms with Crippen LogP contribution in [0.5, 0.6) is 0 Å². The Morgan fingerprint density at radius 3 is 2.14 bits per heavy atom. The van der Waals surface area contributed by atoms with Crippen molar-refractivity contribution in [2.75, 3.05) is 0 Å². The van der Waals surface area contributed by atoms with E-state index in [2.05, 4.69) is 18.8 Å². The van der Waals surface area contributed by atoms with Gasteiger partial charge in [-0.2, -0.15) is 0 Å². The van der Waals surface area contributed by atoms with Gasteiger partial charge in [0.1, 0.15) is 0 Å². The third-order valence-electron chi connectivity index (χ3n) is 4.81. The van der Waals surface area contributed by atoms with Gasteiger partial charge in [0.05, 0.1) is 5.56 Å². The molecule has 28 heavy (non-hydrogen) atoms. The molecule has 0 aliphatic carbocycles. The van der Waals surface area contributed by atoms with E-state index in [1.807, 2.05) is 55.5 Å². The normalized spacial score (nSPS) is 10.4. The molecule has 0 fully saturated rings. The van der Waals surface area contributed by atoms with Crippen LogP contribution in [0.15, 0.2) is 60.7 Å². The Labute approximate surface area is 166 Å². The topological polar surface area (TPSA) is 0 Å². The summed E-state index contributed by atoms with van der Waals surface area (Å²) in [6, 6.07) is 18.5. The molecule has 3 aromatic carbocycles. The van der Waals surface area contributed by atoms with Gasteiger partial charge < -0.3 is 0 Å². The van der Waals surface area contributed by atoms with Gasteiger partial charge in [-0.05, 0) is 55.2 Å². The van der Waals surface area contributed by atoms with E-state index < -0.39 is 11.6 Å². The van der Waals surface area contributed by atoms with Crippen LogP contribution in [0.25, 0.3) is 11.1 Å². The molecule has 0 aliphatic heterocycles. The number of rotatable bonds is 5. The summed E-state index contributed by atoms with van der Waals surface area (Å²) in [5.74, 6) is 3.88. The highest BCUT2D eigenvalue weighted by Gasteiger charge is 2.13. The van der Waals surface area contributed by atoms with Crippen molar-refractivity contribution in [1.82, 2.24) is 0 Å². The van der Waals surface area contributed by atoms with Crippen LogP contribution < -0.4 is 0 Å². The van der Waals surface area contributed by atoms with E-state index in [1.165, 1.54) is 18.4 Å². The highest BCUT2D eigenvalue weighted by Crippen LogP contribution is 2.27. The standard InChI is InChI=1S/C26H24F2/c1-3-4-5-6-20-11-14-22(15-12-20)24-18-17-23(25(27)26(24)28)16-13-21-9-7-19(2)8-10-21/h7-12,14-15,17-18H,3-6H2,1-2H3. The second kappa shape index (κ2) is 9.33. The molecule has 0 unspecified atom stereocenters. The maximum absolute atomic E-state index is 14.6. The fourth-order valence-corrected chi connectivity index (χ4v) is 3.08. The largest absolute Gasteiger partial charge is 0.203 e. The number of aryl methyl sites for hydroxylation is 2. The lowest BCUT2D eigenvalue weighted by Gasteiger charge is -2.07. The lowest BCUT2D eigenvalue weighted by atomic mass is 9.99. The van der Waals surface area contributed by atoms with Crippen LogP contribution in [0.4, 0.5) is 8.78 Å². The summed E-state index contributed by atoms with van der Waals surface area (Å²) in [6.45, 7) is 4.16. The molecule has 0 N–H and O–H groups in total. The summed E-state index contributed by atoms with van der Waals surface area (Å²) in [4.78, 5) is 0. The first-order chi connectivity index (χ1) is 13.6. The second-order valence-electron chi connectivity index (χ2n) is 7.06. The number of benzene rings is 3. The van der Waals surface area contributed by atoms with Crippen molar-refractivity contribution >= 4 is 0 Å². The monoisotopic (exact) mass is 374 g/mol. The minimum atomic E-state index is -0.899. The van der Waals surface area contributed by atoms with Crippen molar-refractivity contribution in [1.29, 1.82) is 0 Å². The van der Waals surface area contributed by atoms with Crippen molar-refractivity contribution in [2.45, 2.75) is 39.5 Å². The predicted octanol–water partition coefficient (Wildman–Crippen LogP) is 7.07. The molecule has 0 spiro atoms. The number of hydrogen-bond acceptors (Lipinski definition) is 0. The SMILES string of the molecule is CCCCCc1ccc(-c2ccc(C#Cc3ccc(C)cc3)c(F)c2F)cc1. The van der Waals surface area contributed by atoms with Crippen LogP contribution in [0.2, 0.25) is 0 Å². The van der Waals surface area contributed by atoms with Crippen molar-refractivity contribution in [3.63, 3.8) is 0 Å². The van der Waals surface area contributed by atoms with Gasteiger partial charge in [-0.15, -0.1) is 0 Å². The molecule has 0 atom stereocenters. The average Bonchev–Trinajstić information content (AvgIpc) is 2.71. The summed E-state index contributed by atoms with van der Waals surface area (Å²) in [5.41, 5.74) is 4.13. The molecule has 3 aromatic rings. The Kier molecular flexibility index (Phi) is 6.61. The summed E-state index contributed by atoms with van der Waals surface area (Å²) in [5, 5.41) is 0. The second-order valence-corrected chi connectivity index (χ2v) is 7.06. The van der Waals surface area contributed by atoms with E-state index in [9.17, 15) is 8.78 Å². The molecule has 0 aromatic heterocycles. The minimum Gasteiger partial charge on any atom is -0.203 e. The van der Waals surface area contributed by atoms with Gasteiger partial charge in [0.15, 0.2) is 11.6 Å². The number of hydrogen-bond donors (Lipinski definition) is 0. The molecule has 3 rings (SSSR count). The van der Waals surface area contributed by atoms with Gasteiger partial charge in [-0.25, -0.2) is 8.78 Å². The lowest BCUT2D eigenvalue weighted by molar-refractivity contribution is 0.509. The van der Waals surface area contributed by atoms with Crippen LogP contribution in [0, 0.1) is 30.4 Å². The minimum absolute atomic E-state index is 0.0676. The summed E-state index contributed by atoms with van der Waals surface area (Å²) >= 11 is 0.